The van der Waals surface area contributed by atoms with Crippen molar-refractivity contribution in [3.05, 3.63) is 46.0 Å². The Morgan fingerprint density at radius 1 is 1.27 bits per heavy atom. The summed E-state index contributed by atoms with van der Waals surface area (Å²) in [6, 6.07) is 1.58. The van der Waals surface area contributed by atoms with E-state index in [0.717, 1.165) is 6.07 Å². The van der Waals surface area contributed by atoms with Gasteiger partial charge in [0.2, 0.25) is 4.96 Å². The quantitative estimate of drug-likeness (QED) is 0.745. The van der Waals surface area contributed by atoms with E-state index in [0.29, 0.717) is 21.9 Å². The largest absolute Gasteiger partial charge is 0.345 e. The number of amides is 1. The third-order valence-electron chi connectivity index (χ3n) is 2.87. The van der Waals surface area contributed by atoms with E-state index in [2.05, 4.69) is 20.6 Å². The van der Waals surface area contributed by atoms with E-state index in [-0.39, 0.29) is 6.54 Å². The van der Waals surface area contributed by atoms with Gasteiger partial charge < -0.3 is 5.32 Å². The maximum Gasteiger partial charge on any atom is 0.254 e. The fourth-order valence-electron chi connectivity index (χ4n) is 1.78. The summed E-state index contributed by atoms with van der Waals surface area (Å²) >= 11 is 1.20. The fraction of sp³-hybridized carbons (Fsp3) is 0.167. The Morgan fingerprint density at radius 2 is 2.05 bits per heavy atom. The van der Waals surface area contributed by atoms with Crippen LogP contribution in [0.2, 0.25) is 0 Å². The van der Waals surface area contributed by atoms with E-state index in [1.54, 1.807) is 6.92 Å². The van der Waals surface area contributed by atoms with Gasteiger partial charge in [0.25, 0.3) is 5.91 Å². The second-order valence-electron chi connectivity index (χ2n) is 4.34. The first-order chi connectivity index (χ1) is 10.5. The van der Waals surface area contributed by atoms with Crippen LogP contribution in [0.1, 0.15) is 21.2 Å². The molecular weight excluding hydrogens is 319 g/mol. The predicted molar refractivity (Wildman–Crippen MR) is 70.9 cm³/mol. The van der Waals surface area contributed by atoms with Crippen molar-refractivity contribution in [3.63, 3.8) is 0 Å². The van der Waals surface area contributed by atoms with Crippen LogP contribution >= 0.6 is 11.3 Å². The number of benzene rings is 1. The van der Waals surface area contributed by atoms with E-state index in [1.807, 2.05) is 0 Å². The lowest BCUT2D eigenvalue weighted by atomic mass is 10.2. The Morgan fingerprint density at radius 3 is 2.77 bits per heavy atom. The third kappa shape index (κ3) is 2.41. The van der Waals surface area contributed by atoms with Gasteiger partial charge in [0.1, 0.15) is 5.01 Å². The Kier molecular flexibility index (Phi) is 3.53. The molecule has 0 saturated heterocycles. The first kappa shape index (κ1) is 14.4. The van der Waals surface area contributed by atoms with Crippen LogP contribution in [0.3, 0.4) is 0 Å². The second-order valence-corrected chi connectivity index (χ2v) is 5.38. The number of hydrogen-bond acceptors (Lipinski definition) is 5. The number of halogens is 3. The van der Waals surface area contributed by atoms with Gasteiger partial charge in [-0.25, -0.2) is 13.2 Å². The Hall–Kier alpha value is -2.49. The molecule has 1 N–H and O–H groups in total. The minimum Gasteiger partial charge on any atom is -0.345 e. The van der Waals surface area contributed by atoms with Gasteiger partial charge in [-0.1, -0.05) is 11.3 Å². The zero-order valence-electron chi connectivity index (χ0n) is 11.1. The zero-order chi connectivity index (χ0) is 15.9. The molecule has 0 aliphatic heterocycles. The molecule has 2 heterocycles. The van der Waals surface area contributed by atoms with Crippen molar-refractivity contribution in [3.8, 4) is 0 Å². The molecule has 1 amide bonds. The average molecular weight is 327 g/mol. The van der Waals surface area contributed by atoms with E-state index < -0.39 is 28.9 Å². The van der Waals surface area contributed by atoms with Crippen LogP contribution in [0.15, 0.2) is 12.1 Å². The SMILES string of the molecule is Cc1nnc2sc(CNC(=O)c3ccc(F)c(F)c3F)nn12. The molecule has 22 heavy (non-hydrogen) atoms. The number of carbonyl (C=O) groups is 1. The van der Waals surface area contributed by atoms with Gasteiger partial charge >= 0.3 is 0 Å². The molecule has 3 aromatic rings. The molecule has 3 rings (SSSR count). The lowest BCUT2D eigenvalue weighted by Crippen LogP contribution is -2.24. The number of hydrogen-bond donors (Lipinski definition) is 1. The molecule has 0 unspecified atom stereocenters. The van der Waals surface area contributed by atoms with Crippen molar-refractivity contribution in [2.45, 2.75) is 13.5 Å². The molecular formula is C12H8F3N5OS. The van der Waals surface area contributed by atoms with E-state index in [4.69, 9.17) is 0 Å². The van der Waals surface area contributed by atoms with Crippen LogP contribution in [0.4, 0.5) is 13.2 Å². The minimum atomic E-state index is -1.68. The number of fused-ring (bicyclic) bond motifs is 1. The Labute approximate surface area is 125 Å². The van der Waals surface area contributed by atoms with Gasteiger partial charge in [-0.3, -0.25) is 4.79 Å². The normalized spacial score (nSPS) is 11.1. The summed E-state index contributed by atoms with van der Waals surface area (Å²) < 4.78 is 40.9. The number of aryl methyl sites for hydroxylation is 1. The summed E-state index contributed by atoms with van der Waals surface area (Å²) in [7, 11) is 0. The van der Waals surface area contributed by atoms with E-state index in [9.17, 15) is 18.0 Å². The van der Waals surface area contributed by atoms with Crippen molar-refractivity contribution in [2.24, 2.45) is 0 Å². The standard InChI is InChI=1S/C12H8F3N5OS/c1-5-17-18-12-20(5)19-8(22-12)4-16-11(21)6-2-3-7(13)10(15)9(6)14/h2-3H,4H2,1H3,(H,16,21). The van der Waals surface area contributed by atoms with Crippen LogP contribution < -0.4 is 5.32 Å². The smallest absolute Gasteiger partial charge is 0.254 e. The van der Waals surface area contributed by atoms with Crippen LogP contribution in [-0.4, -0.2) is 25.7 Å². The van der Waals surface area contributed by atoms with Crippen LogP contribution in [0, 0.1) is 24.4 Å². The van der Waals surface area contributed by atoms with Crippen LogP contribution in [0.25, 0.3) is 4.96 Å². The van der Waals surface area contributed by atoms with Crippen molar-refractivity contribution in [1.29, 1.82) is 0 Å². The summed E-state index contributed by atoms with van der Waals surface area (Å²) in [4.78, 5) is 12.4. The summed E-state index contributed by atoms with van der Waals surface area (Å²) in [6.45, 7) is 1.73. The molecule has 0 fully saturated rings. The van der Waals surface area contributed by atoms with Crippen molar-refractivity contribution in [1.82, 2.24) is 25.1 Å². The molecule has 6 nitrogen and oxygen atoms in total. The second kappa shape index (κ2) is 5.37. The highest BCUT2D eigenvalue weighted by atomic mass is 32.1. The predicted octanol–water partition coefficient (Wildman–Crippen LogP) is 1.84. The number of rotatable bonds is 3. The lowest BCUT2D eigenvalue weighted by molar-refractivity contribution is 0.0945. The van der Waals surface area contributed by atoms with Crippen molar-refractivity contribution < 1.29 is 18.0 Å². The molecule has 0 atom stereocenters. The number of nitrogens with one attached hydrogen (secondary N) is 1. The molecule has 0 saturated carbocycles. The highest BCUT2D eigenvalue weighted by Crippen LogP contribution is 2.16. The summed E-state index contributed by atoms with van der Waals surface area (Å²) in [5.74, 6) is -4.82. The summed E-state index contributed by atoms with van der Waals surface area (Å²) in [5, 5.41) is 14.7. The molecule has 0 radical (unpaired) electrons. The van der Waals surface area contributed by atoms with Gasteiger partial charge in [0, 0.05) is 0 Å². The van der Waals surface area contributed by atoms with Gasteiger partial charge in [0.05, 0.1) is 12.1 Å². The molecule has 0 aliphatic rings. The first-order valence-corrected chi connectivity index (χ1v) is 6.88. The van der Waals surface area contributed by atoms with Crippen molar-refractivity contribution in [2.75, 3.05) is 0 Å². The highest BCUT2D eigenvalue weighted by Gasteiger charge is 2.19. The minimum absolute atomic E-state index is 0.00470. The maximum absolute atomic E-state index is 13.5. The highest BCUT2D eigenvalue weighted by molar-refractivity contribution is 7.16. The van der Waals surface area contributed by atoms with E-state index in [1.165, 1.54) is 15.9 Å². The number of aromatic nitrogens is 4. The lowest BCUT2D eigenvalue weighted by Gasteiger charge is -2.05. The van der Waals surface area contributed by atoms with Gasteiger partial charge in [0.15, 0.2) is 23.3 Å². The Balaban J connectivity index is 1.76. The van der Waals surface area contributed by atoms with Crippen LogP contribution in [-0.2, 0) is 6.54 Å². The van der Waals surface area contributed by atoms with Crippen LogP contribution in [0.5, 0.6) is 0 Å². The first-order valence-electron chi connectivity index (χ1n) is 6.07. The molecule has 1 aromatic carbocycles. The summed E-state index contributed by atoms with van der Waals surface area (Å²) in [6.07, 6.45) is 0. The van der Waals surface area contributed by atoms with Gasteiger partial charge in [-0.2, -0.15) is 9.61 Å². The Bertz CT molecular complexity index is 875. The topological polar surface area (TPSA) is 72.2 Å². The molecule has 114 valence electrons. The molecule has 0 aliphatic carbocycles. The van der Waals surface area contributed by atoms with E-state index >= 15 is 0 Å². The monoisotopic (exact) mass is 327 g/mol. The number of carbonyl (C=O) groups excluding carboxylic acids is 1. The van der Waals surface area contributed by atoms with Gasteiger partial charge in [-0.05, 0) is 19.1 Å². The number of nitrogens with zero attached hydrogens (tertiary/aromatic N) is 4. The fourth-order valence-corrected chi connectivity index (χ4v) is 2.60. The van der Waals surface area contributed by atoms with Gasteiger partial charge in [-0.15, -0.1) is 10.2 Å². The average Bonchev–Trinajstić information content (AvgIpc) is 3.05. The molecule has 0 bridgehead atoms. The molecule has 0 spiro atoms. The zero-order valence-corrected chi connectivity index (χ0v) is 11.9. The summed E-state index contributed by atoms with van der Waals surface area (Å²) in [5.41, 5.74) is -0.571. The molecule has 10 heteroatoms. The maximum atomic E-state index is 13.5. The van der Waals surface area contributed by atoms with Crippen molar-refractivity contribution >= 4 is 22.2 Å². The molecule has 2 aromatic heterocycles. The third-order valence-corrected chi connectivity index (χ3v) is 3.77.